The zero-order valence-electron chi connectivity index (χ0n) is 13.5. The third-order valence-corrected chi connectivity index (χ3v) is 4.13. The number of likely N-dealkylation sites (N-methyl/N-ethyl adjacent to an activating group) is 1. The Labute approximate surface area is 126 Å². The third kappa shape index (κ3) is 3.32. The number of nitrogens with zero attached hydrogens (tertiary/aromatic N) is 2. The average Bonchev–Trinajstić information content (AvgIpc) is 2.67. The second kappa shape index (κ2) is 6.39. The normalized spacial score (nSPS) is 12.7. The average molecular weight is 289 g/mol. The smallest absolute Gasteiger partial charge is 0.123 e. The molecule has 1 heterocycles. The van der Waals surface area contributed by atoms with Gasteiger partial charge in [0.15, 0.2) is 0 Å². The molecule has 0 fully saturated rings. The molecule has 0 aliphatic carbocycles. The molecule has 3 nitrogen and oxygen atoms in total. The van der Waals surface area contributed by atoms with Crippen LogP contribution < -0.4 is 5.32 Å². The Bertz CT molecular complexity index is 631. The minimum Gasteiger partial charge on any atom is -0.310 e. The van der Waals surface area contributed by atoms with E-state index in [0.29, 0.717) is 0 Å². The zero-order valence-corrected chi connectivity index (χ0v) is 13.5. The maximum absolute atomic E-state index is 13.6. The molecule has 0 spiro atoms. The van der Waals surface area contributed by atoms with Crippen LogP contribution in [-0.4, -0.2) is 16.3 Å². The molecule has 1 N–H and O–H groups in total. The standard InChI is InChI=1S/C17H24FN3/c1-6-19-17(15-9-14(18)8-7-11(15)2)10-16-12(3)20-21(5)13(16)4/h7-9,17,19H,6,10H2,1-5H3. The van der Waals surface area contributed by atoms with Crippen molar-refractivity contribution in [2.75, 3.05) is 6.54 Å². The van der Waals surface area contributed by atoms with Gasteiger partial charge >= 0.3 is 0 Å². The van der Waals surface area contributed by atoms with Gasteiger partial charge in [0.05, 0.1) is 5.69 Å². The highest BCUT2D eigenvalue weighted by molar-refractivity contribution is 5.33. The molecular weight excluding hydrogens is 265 g/mol. The first-order chi connectivity index (χ1) is 9.93. The maximum atomic E-state index is 13.6. The van der Waals surface area contributed by atoms with Gasteiger partial charge < -0.3 is 5.32 Å². The quantitative estimate of drug-likeness (QED) is 0.914. The fourth-order valence-electron chi connectivity index (χ4n) is 2.84. The van der Waals surface area contributed by atoms with Crippen molar-refractivity contribution < 1.29 is 4.39 Å². The molecule has 1 aromatic heterocycles. The third-order valence-electron chi connectivity index (χ3n) is 4.13. The summed E-state index contributed by atoms with van der Waals surface area (Å²) in [5, 5.41) is 7.95. The first-order valence-corrected chi connectivity index (χ1v) is 7.42. The molecule has 0 aliphatic heterocycles. The topological polar surface area (TPSA) is 29.9 Å². The van der Waals surface area contributed by atoms with Gasteiger partial charge in [-0.3, -0.25) is 4.68 Å². The number of rotatable bonds is 5. The van der Waals surface area contributed by atoms with Crippen LogP contribution in [0.25, 0.3) is 0 Å². The van der Waals surface area contributed by atoms with Gasteiger partial charge in [-0.05, 0) is 62.6 Å². The van der Waals surface area contributed by atoms with Gasteiger partial charge in [-0.2, -0.15) is 5.10 Å². The minimum absolute atomic E-state index is 0.104. The van der Waals surface area contributed by atoms with E-state index >= 15 is 0 Å². The summed E-state index contributed by atoms with van der Waals surface area (Å²) in [7, 11) is 1.96. The second-order valence-corrected chi connectivity index (χ2v) is 5.59. The molecule has 0 saturated heterocycles. The summed E-state index contributed by atoms with van der Waals surface area (Å²) in [6.45, 7) is 9.06. The molecule has 0 saturated carbocycles. The van der Waals surface area contributed by atoms with Gasteiger partial charge in [-0.15, -0.1) is 0 Å². The molecule has 0 bridgehead atoms. The van der Waals surface area contributed by atoms with Crippen molar-refractivity contribution in [2.24, 2.45) is 7.05 Å². The number of halogens is 1. The van der Waals surface area contributed by atoms with E-state index in [1.54, 1.807) is 6.07 Å². The van der Waals surface area contributed by atoms with Crippen molar-refractivity contribution in [1.29, 1.82) is 0 Å². The molecule has 114 valence electrons. The number of aryl methyl sites for hydroxylation is 3. The first kappa shape index (κ1) is 15.7. The molecule has 21 heavy (non-hydrogen) atoms. The van der Waals surface area contributed by atoms with Gasteiger partial charge in [0.25, 0.3) is 0 Å². The molecule has 2 aromatic rings. The van der Waals surface area contributed by atoms with Gasteiger partial charge in [0.1, 0.15) is 5.82 Å². The van der Waals surface area contributed by atoms with Gasteiger partial charge in [0, 0.05) is 18.8 Å². The van der Waals surface area contributed by atoms with E-state index in [4.69, 9.17) is 0 Å². The Balaban J connectivity index is 2.37. The zero-order chi connectivity index (χ0) is 15.6. The van der Waals surface area contributed by atoms with E-state index in [-0.39, 0.29) is 11.9 Å². The van der Waals surface area contributed by atoms with E-state index in [2.05, 4.69) is 24.3 Å². The fraction of sp³-hybridized carbons (Fsp3) is 0.471. The lowest BCUT2D eigenvalue weighted by Gasteiger charge is -2.21. The van der Waals surface area contributed by atoms with Crippen molar-refractivity contribution in [1.82, 2.24) is 15.1 Å². The number of nitrogens with one attached hydrogen (secondary N) is 1. The lowest BCUT2D eigenvalue weighted by molar-refractivity contribution is 0.538. The van der Waals surface area contributed by atoms with Crippen molar-refractivity contribution >= 4 is 0 Å². The van der Waals surface area contributed by atoms with Crippen LogP contribution >= 0.6 is 0 Å². The lowest BCUT2D eigenvalue weighted by atomic mass is 9.94. The Morgan fingerprint density at radius 3 is 2.57 bits per heavy atom. The Hall–Kier alpha value is -1.68. The van der Waals surface area contributed by atoms with Gasteiger partial charge in [-0.25, -0.2) is 4.39 Å². The summed E-state index contributed by atoms with van der Waals surface area (Å²) in [6, 6.07) is 5.11. The van der Waals surface area contributed by atoms with Crippen LogP contribution in [0.5, 0.6) is 0 Å². The van der Waals surface area contributed by atoms with E-state index < -0.39 is 0 Å². The summed E-state index contributed by atoms with van der Waals surface area (Å²) in [6.07, 6.45) is 0.823. The molecule has 0 aliphatic rings. The molecule has 1 atom stereocenters. The predicted octanol–water partition coefficient (Wildman–Crippen LogP) is 3.38. The van der Waals surface area contributed by atoms with Crippen LogP contribution in [0.2, 0.25) is 0 Å². The van der Waals surface area contributed by atoms with Crippen LogP contribution in [0.15, 0.2) is 18.2 Å². The van der Waals surface area contributed by atoms with Crippen LogP contribution in [0.1, 0.15) is 41.0 Å². The molecule has 1 aromatic carbocycles. The van der Waals surface area contributed by atoms with E-state index in [0.717, 1.165) is 29.8 Å². The highest BCUT2D eigenvalue weighted by Gasteiger charge is 2.19. The molecule has 2 rings (SSSR count). The molecule has 0 amide bonds. The summed E-state index contributed by atoms with van der Waals surface area (Å²) in [5.41, 5.74) is 5.60. The van der Waals surface area contributed by atoms with Gasteiger partial charge in [0.2, 0.25) is 0 Å². The highest BCUT2D eigenvalue weighted by Crippen LogP contribution is 2.25. The SMILES string of the molecule is CCNC(Cc1c(C)nn(C)c1C)c1cc(F)ccc1C. The minimum atomic E-state index is -0.182. The molecule has 0 radical (unpaired) electrons. The van der Waals surface area contributed by atoms with Crippen LogP contribution in [0.3, 0.4) is 0 Å². The number of benzene rings is 1. The van der Waals surface area contributed by atoms with Crippen LogP contribution in [-0.2, 0) is 13.5 Å². The monoisotopic (exact) mass is 289 g/mol. The van der Waals surface area contributed by atoms with Crippen molar-refractivity contribution in [3.63, 3.8) is 0 Å². The summed E-state index contributed by atoms with van der Waals surface area (Å²) in [4.78, 5) is 0. The Kier molecular flexibility index (Phi) is 4.78. The second-order valence-electron chi connectivity index (χ2n) is 5.59. The summed E-state index contributed by atoms with van der Waals surface area (Å²) < 4.78 is 15.5. The number of hydrogen-bond donors (Lipinski definition) is 1. The summed E-state index contributed by atoms with van der Waals surface area (Å²) >= 11 is 0. The Morgan fingerprint density at radius 1 is 1.29 bits per heavy atom. The van der Waals surface area contributed by atoms with E-state index in [1.165, 1.54) is 17.3 Å². The number of hydrogen-bond acceptors (Lipinski definition) is 2. The summed E-state index contributed by atoms with van der Waals surface area (Å²) in [5.74, 6) is -0.182. The van der Waals surface area contributed by atoms with E-state index in [9.17, 15) is 4.39 Å². The maximum Gasteiger partial charge on any atom is 0.123 e. The van der Waals surface area contributed by atoms with Gasteiger partial charge in [-0.1, -0.05) is 13.0 Å². The number of aromatic nitrogens is 2. The van der Waals surface area contributed by atoms with E-state index in [1.807, 2.05) is 31.6 Å². The van der Waals surface area contributed by atoms with Crippen LogP contribution in [0.4, 0.5) is 4.39 Å². The molecule has 1 unspecified atom stereocenters. The van der Waals surface area contributed by atoms with Crippen molar-refractivity contribution in [2.45, 2.75) is 40.2 Å². The molecule has 4 heteroatoms. The van der Waals surface area contributed by atoms with Crippen molar-refractivity contribution in [3.8, 4) is 0 Å². The van der Waals surface area contributed by atoms with Crippen molar-refractivity contribution in [3.05, 3.63) is 52.1 Å². The fourth-order valence-corrected chi connectivity index (χ4v) is 2.84. The molecular formula is C17H24FN3. The lowest BCUT2D eigenvalue weighted by Crippen LogP contribution is -2.24. The Morgan fingerprint density at radius 2 is 2.00 bits per heavy atom. The first-order valence-electron chi connectivity index (χ1n) is 7.42. The van der Waals surface area contributed by atoms with Crippen LogP contribution in [0, 0.1) is 26.6 Å². The largest absolute Gasteiger partial charge is 0.310 e. The predicted molar refractivity (Wildman–Crippen MR) is 83.9 cm³/mol. The highest BCUT2D eigenvalue weighted by atomic mass is 19.1.